The second-order valence-corrected chi connectivity index (χ2v) is 6.02. The van der Waals surface area contributed by atoms with Crippen LogP contribution in [-0.2, 0) is 11.2 Å². The molecule has 1 amide bonds. The molecule has 24 heavy (non-hydrogen) atoms. The maximum atomic E-state index is 12.8. The fourth-order valence-corrected chi connectivity index (χ4v) is 3.04. The van der Waals surface area contributed by atoms with Crippen molar-refractivity contribution < 1.29 is 13.9 Å². The molecule has 1 aliphatic rings. The van der Waals surface area contributed by atoms with Gasteiger partial charge in [0.1, 0.15) is 11.6 Å². The summed E-state index contributed by atoms with van der Waals surface area (Å²) in [4.78, 5) is 12.2. The number of hydrogen-bond acceptors (Lipinski definition) is 3. The number of halogens is 1. The van der Waals surface area contributed by atoms with E-state index in [1.807, 2.05) is 18.2 Å². The molecule has 3 rings (SSSR count). The van der Waals surface area contributed by atoms with Gasteiger partial charge in [0.25, 0.3) is 0 Å². The number of benzene rings is 2. The summed E-state index contributed by atoms with van der Waals surface area (Å²) in [6, 6.07) is 11.7. The minimum Gasteiger partial charge on any atom is -0.493 e. The molecule has 3 N–H and O–H groups in total. The van der Waals surface area contributed by atoms with Crippen LogP contribution in [0.1, 0.15) is 36.4 Å². The summed E-state index contributed by atoms with van der Waals surface area (Å²) in [5.41, 5.74) is 8.96. The quantitative estimate of drug-likeness (QED) is 0.827. The van der Waals surface area contributed by atoms with Gasteiger partial charge >= 0.3 is 0 Å². The standard InChI is InChI=1S/C19H21FN2O2/c20-14-4-7-16(8-5-14)24-11-10-19(23)22-18-3-1-2-13-12-15(21)6-9-17(13)18/h4-9,12,18H,1-3,10-11,21H2,(H,22,23). The first-order chi connectivity index (χ1) is 11.6. The zero-order valence-corrected chi connectivity index (χ0v) is 13.4. The van der Waals surface area contributed by atoms with E-state index in [-0.39, 0.29) is 30.8 Å². The Bertz CT molecular complexity index is 716. The summed E-state index contributed by atoms with van der Waals surface area (Å²) in [7, 11) is 0. The zero-order valence-electron chi connectivity index (χ0n) is 13.4. The van der Waals surface area contributed by atoms with Crippen molar-refractivity contribution in [1.29, 1.82) is 0 Å². The van der Waals surface area contributed by atoms with Gasteiger partial charge < -0.3 is 15.8 Å². The number of nitrogens with two attached hydrogens (primary N) is 1. The Balaban J connectivity index is 1.51. The molecule has 126 valence electrons. The van der Waals surface area contributed by atoms with Crippen LogP contribution in [0.4, 0.5) is 10.1 Å². The smallest absolute Gasteiger partial charge is 0.223 e. The molecule has 0 aromatic heterocycles. The van der Waals surface area contributed by atoms with Crippen LogP contribution in [0, 0.1) is 5.82 Å². The molecule has 0 saturated heterocycles. The third-order valence-electron chi connectivity index (χ3n) is 4.23. The summed E-state index contributed by atoms with van der Waals surface area (Å²) >= 11 is 0. The van der Waals surface area contributed by atoms with Gasteiger partial charge in [-0.3, -0.25) is 4.79 Å². The summed E-state index contributed by atoms with van der Waals surface area (Å²) in [5.74, 6) is 0.200. The minimum atomic E-state index is -0.309. The molecule has 1 aliphatic carbocycles. The Morgan fingerprint density at radius 3 is 2.83 bits per heavy atom. The van der Waals surface area contributed by atoms with E-state index < -0.39 is 0 Å². The van der Waals surface area contributed by atoms with E-state index in [0.717, 1.165) is 30.5 Å². The second-order valence-electron chi connectivity index (χ2n) is 6.02. The van der Waals surface area contributed by atoms with Crippen molar-refractivity contribution in [3.8, 4) is 5.75 Å². The van der Waals surface area contributed by atoms with Gasteiger partial charge in [-0.1, -0.05) is 6.07 Å². The van der Waals surface area contributed by atoms with Gasteiger partial charge in [-0.05, 0) is 66.8 Å². The molecular formula is C19H21FN2O2. The van der Waals surface area contributed by atoms with Gasteiger partial charge in [-0.2, -0.15) is 0 Å². The minimum absolute atomic E-state index is 0.0349. The highest BCUT2D eigenvalue weighted by atomic mass is 19.1. The van der Waals surface area contributed by atoms with Crippen molar-refractivity contribution in [3.63, 3.8) is 0 Å². The normalized spacial score (nSPS) is 16.3. The van der Waals surface area contributed by atoms with Crippen LogP contribution in [-0.4, -0.2) is 12.5 Å². The molecule has 4 nitrogen and oxygen atoms in total. The van der Waals surface area contributed by atoms with Gasteiger partial charge in [0.15, 0.2) is 0 Å². The molecule has 5 heteroatoms. The van der Waals surface area contributed by atoms with Crippen molar-refractivity contribution in [2.24, 2.45) is 0 Å². The molecule has 0 spiro atoms. The lowest BCUT2D eigenvalue weighted by molar-refractivity contribution is -0.122. The number of carbonyl (C=O) groups is 1. The van der Waals surface area contributed by atoms with Crippen LogP contribution < -0.4 is 15.8 Å². The van der Waals surface area contributed by atoms with E-state index in [1.54, 1.807) is 12.1 Å². The summed E-state index contributed by atoms with van der Waals surface area (Å²) in [6.45, 7) is 0.263. The number of ether oxygens (including phenoxy) is 1. The van der Waals surface area contributed by atoms with Crippen LogP contribution >= 0.6 is 0 Å². The highest BCUT2D eigenvalue weighted by Crippen LogP contribution is 2.31. The lowest BCUT2D eigenvalue weighted by Gasteiger charge is -2.26. The van der Waals surface area contributed by atoms with Gasteiger partial charge in [0.05, 0.1) is 19.1 Å². The van der Waals surface area contributed by atoms with Crippen molar-refractivity contribution in [2.75, 3.05) is 12.3 Å². The Hall–Kier alpha value is -2.56. The molecule has 2 aromatic rings. The Morgan fingerprint density at radius 2 is 2.04 bits per heavy atom. The number of carbonyl (C=O) groups excluding carboxylic acids is 1. The molecule has 0 saturated carbocycles. The number of anilines is 1. The number of aryl methyl sites for hydroxylation is 1. The number of nitrogen functional groups attached to an aromatic ring is 1. The van der Waals surface area contributed by atoms with E-state index in [1.165, 1.54) is 17.7 Å². The maximum Gasteiger partial charge on any atom is 0.223 e. The third kappa shape index (κ3) is 4.04. The fourth-order valence-electron chi connectivity index (χ4n) is 3.04. The lowest BCUT2D eigenvalue weighted by atomic mass is 9.87. The van der Waals surface area contributed by atoms with Gasteiger partial charge in [-0.25, -0.2) is 4.39 Å². The van der Waals surface area contributed by atoms with E-state index in [4.69, 9.17) is 10.5 Å². The molecule has 1 unspecified atom stereocenters. The monoisotopic (exact) mass is 328 g/mol. The van der Waals surface area contributed by atoms with E-state index >= 15 is 0 Å². The number of amides is 1. The Morgan fingerprint density at radius 1 is 1.25 bits per heavy atom. The predicted octanol–water partition coefficient (Wildman–Crippen LogP) is 3.37. The Kier molecular flexibility index (Phi) is 4.99. The molecule has 0 bridgehead atoms. The summed E-state index contributed by atoms with van der Waals surface area (Å²) < 4.78 is 18.3. The SMILES string of the molecule is Nc1ccc2c(c1)CCCC2NC(=O)CCOc1ccc(F)cc1. The van der Waals surface area contributed by atoms with Crippen LogP contribution in [0.15, 0.2) is 42.5 Å². The fraction of sp³-hybridized carbons (Fsp3) is 0.316. The van der Waals surface area contributed by atoms with Crippen molar-refractivity contribution in [2.45, 2.75) is 31.7 Å². The average Bonchev–Trinajstić information content (AvgIpc) is 2.56. The van der Waals surface area contributed by atoms with Gasteiger partial charge in [-0.15, -0.1) is 0 Å². The first kappa shape index (κ1) is 16.3. The first-order valence-electron chi connectivity index (χ1n) is 8.18. The van der Waals surface area contributed by atoms with Crippen molar-refractivity contribution in [1.82, 2.24) is 5.32 Å². The van der Waals surface area contributed by atoms with E-state index in [9.17, 15) is 9.18 Å². The number of rotatable bonds is 5. The molecule has 0 radical (unpaired) electrons. The van der Waals surface area contributed by atoms with E-state index in [0.29, 0.717) is 5.75 Å². The maximum absolute atomic E-state index is 12.8. The van der Waals surface area contributed by atoms with Crippen molar-refractivity contribution >= 4 is 11.6 Å². The molecular weight excluding hydrogens is 307 g/mol. The molecule has 1 atom stereocenters. The molecule has 0 aliphatic heterocycles. The van der Waals surface area contributed by atoms with Crippen LogP contribution in [0.2, 0.25) is 0 Å². The highest BCUT2D eigenvalue weighted by molar-refractivity contribution is 5.76. The summed E-state index contributed by atoms with van der Waals surface area (Å²) in [6.07, 6.45) is 3.23. The molecule has 0 fully saturated rings. The predicted molar refractivity (Wildman–Crippen MR) is 91.2 cm³/mol. The zero-order chi connectivity index (χ0) is 16.9. The van der Waals surface area contributed by atoms with Crippen molar-refractivity contribution in [3.05, 3.63) is 59.4 Å². The lowest BCUT2D eigenvalue weighted by Crippen LogP contribution is -2.31. The van der Waals surface area contributed by atoms with Crippen LogP contribution in [0.25, 0.3) is 0 Å². The van der Waals surface area contributed by atoms with Crippen LogP contribution in [0.5, 0.6) is 5.75 Å². The molecule has 0 heterocycles. The largest absolute Gasteiger partial charge is 0.493 e. The molecule has 2 aromatic carbocycles. The second kappa shape index (κ2) is 7.34. The highest BCUT2D eigenvalue weighted by Gasteiger charge is 2.21. The van der Waals surface area contributed by atoms with Gasteiger partial charge in [0.2, 0.25) is 5.91 Å². The number of fused-ring (bicyclic) bond motifs is 1. The number of nitrogens with one attached hydrogen (secondary N) is 1. The van der Waals surface area contributed by atoms with E-state index in [2.05, 4.69) is 5.32 Å². The van der Waals surface area contributed by atoms with Crippen LogP contribution in [0.3, 0.4) is 0 Å². The average molecular weight is 328 g/mol. The Labute approximate surface area is 140 Å². The first-order valence-corrected chi connectivity index (χ1v) is 8.18. The summed E-state index contributed by atoms with van der Waals surface area (Å²) in [5, 5.41) is 3.07. The van der Waals surface area contributed by atoms with Gasteiger partial charge in [0, 0.05) is 5.69 Å². The number of hydrogen-bond donors (Lipinski definition) is 2. The third-order valence-corrected chi connectivity index (χ3v) is 4.23. The topological polar surface area (TPSA) is 64.3 Å².